The lowest BCUT2D eigenvalue weighted by Gasteiger charge is -2.01. The van der Waals surface area contributed by atoms with Gasteiger partial charge in [-0.1, -0.05) is 0 Å². The van der Waals surface area contributed by atoms with Gasteiger partial charge in [-0.15, -0.1) is 0 Å². The minimum atomic E-state index is -4.40. The highest BCUT2D eigenvalue weighted by atomic mass is 35.7. The second kappa shape index (κ2) is 3.12. The van der Waals surface area contributed by atoms with E-state index in [4.69, 9.17) is 15.8 Å². The zero-order valence-electron chi connectivity index (χ0n) is 5.96. The van der Waals surface area contributed by atoms with Crippen LogP contribution in [0.3, 0.4) is 0 Å². The molecular formula is C6H3ClF2O3S. The van der Waals surface area contributed by atoms with Gasteiger partial charge in [0.1, 0.15) is 17.4 Å². The first-order valence-electron chi connectivity index (χ1n) is 2.95. The number of benzene rings is 1. The normalized spacial score (nSPS) is 11.6. The Hall–Kier alpha value is -0.880. The maximum Gasteiger partial charge on any atom is 0.267 e. The van der Waals surface area contributed by atoms with Gasteiger partial charge in [0, 0.05) is 22.8 Å². The Balaban J connectivity index is 3.57. The van der Waals surface area contributed by atoms with Crippen molar-refractivity contribution in [3.8, 4) is 5.75 Å². The largest absolute Gasteiger partial charge is 0.506 e. The summed E-state index contributed by atoms with van der Waals surface area (Å²) < 4.78 is 46.4. The monoisotopic (exact) mass is 228 g/mol. The molecule has 0 aromatic heterocycles. The summed E-state index contributed by atoms with van der Waals surface area (Å²) in [7, 11) is 0.371. The Morgan fingerprint density at radius 3 is 2.23 bits per heavy atom. The van der Waals surface area contributed by atoms with Crippen molar-refractivity contribution in [1.82, 2.24) is 0 Å². The summed E-state index contributed by atoms with van der Waals surface area (Å²) in [6, 6.07) is 0.771. The summed E-state index contributed by atoms with van der Waals surface area (Å²) in [4.78, 5) is -1.12. The second-order valence-corrected chi connectivity index (χ2v) is 4.68. The zero-order valence-corrected chi connectivity index (χ0v) is 7.53. The molecule has 1 aromatic rings. The standard InChI is InChI=1S/C6H3ClF2O3S/c7-13(11,12)6-4(9)1-3(8)2-5(6)10/h1-2,10H. The molecule has 0 aliphatic carbocycles. The van der Waals surface area contributed by atoms with Gasteiger partial charge in [0.25, 0.3) is 9.05 Å². The first-order chi connectivity index (χ1) is 5.82. The van der Waals surface area contributed by atoms with Gasteiger partial charge in [-0.05, 0) is 0 Å². The summed E-state index contributed by atoms with van der Waals surface area (Å²) in [5, 5.41) is 8.86. The molecule has 0 heterocycles. The molecule has 3 nitrogen and oxygen atoms in total. The molecule has 0 bridgehead atoms. The van der Waals surface area contributed by atoms with Crippen molar-refractivity contribution < 1.29 is 22.3 Å². The summed E-state index contributed by atoms with van der Waals surface area (Å²) in [5.74, 6) is -3.56. The molecule has 0 saturated heterocycles. The summed E-state index contributed by atoms with van der Waals surface area (Å²) >= 11 is 0. The van der Waals surface area contributed by atoms with E-state index in [-0.39, 0.29) is 0 Å². The number of phenols is 1. The van der Waals surface area contributed by atoms with Crippen LogP contribution in [0, 0.1) is 11.6 Å². The maximum atomic E-state index is 12.7. The van der Waals surface area contributed by atoms with Crippen LogP contribution in [-0.4, -0.2) is 13.5 Å². The molecule has 0 aliphatic rings. The highest BCUT2D eigenvalue weighted by Crippen LogP contribution is 2.29. The van der Waals surface area contributed by atoms with E-state index in [0.717, 1.165) is 0 Å². The average molecular weight is 229 g/mol. The minimum Gasteiger partial charge on any atom is -0.506 e. The molecule has 7 heteroatoms. The summed E-state index contributed by atoms with van der Waals surface area (Å²) in [5.41, 5.74) is 0. The van der Waals surface area contributed by atoms with E-state index < -0.39 is 31.3 Å². The third-order valence-electron chi connectivity index (χ3n) is 1.23. The molecule has 0 saturated carbocycles. The van der Waals surface area contributed by atoms with Crippen LogP contribution in [0.2, 0.25) is 0 Å². The van der Waals surface area contributed by atoms with Crippen molar-refractivity contribution >= 4 is 19.7 Å². The molecule has 0 atom stereocenters. The molecule has 0 aliphatic heterocycles. The molecule has 0 radical (unpaired) electrons. The van der Waals surface area contributed by atoms with Gasteiger partial charge in [-0.3, -0.25) is 0 Å². The molecular weight excluding hydrogens is 226 g/mol. The molecule has 0 spiro atoms. The molecule has 0 amide bonds. The Morgan fingerprint density at radius 2 is 1.85 bits per heavy atom. The summed E-state index contributed by atoms with van der Waals surface area (Å²) in [6.07, 6.45) is 0. The third kappa shape index (κ3) is 2.07. The Labute approximate surface area is 77.0 Å². The molecule has 0 unspecified atom stereocenters. The Bertz CT molecular complexity index is 420. The first-order valence-corrected chi connectivity index (χ1v) is 5.26. The van der Waals surface area contributed by atoms with Crippen LogP contribution in [0.5, 0.6) is 5.75 Å². The first kappa shape index (κ1) is 10.2. The highest BCUT2D eigenvalue weighted by molar-refractivity contribution is 8.13. The Kier molecular flexibility index (Phi) is 2.44. The van der Waals surface area contributed by atoms with Gasteiger partial charge in [-0.2, -0.15) is 0 Å². The van der Waals surface area contributed by atoms with Crippen LogP contribution in [0.4, 0.5) is 8.78 Å². The van der Waals surface area contributed by atoms with Gasteiger partial charge in [-0.25, -0.2) is 17.2 Å². The quantitative estimate of drug-likeness (QED) is 0.743. The van der Waals surface area contributed by atoms with Crippen LogP contribution in [0.15, 0.2) is 17.0 Å². The molecule has 72 valence electrons. The van der Waals surface area contributed by atoms with E-state index in [1.54, 1.807) is 0 Å². The van der Waals surface area contributed by atoms with Crippen molar-refractivity contribution in [1.29, 1.82) is 0 Å². The van der Waals surface area contributed by atoms with Crippen molar-refractivity contribution in [3.63, 3.8) is 0 Å². The van der Waals surface area contributed by atoms with Gasteiger partial charge in [0.05, 0.1) is 0 Å². The van der Waals surface area contributed by atoms with Crippen LogP contribution in [0.25, 0.3) is 0 Å². The van der Waals surface area contributed by atoms with Gasteiger partial charge < -0.3 is 5.11 Å². The van der Waals surface area contributed by atoms with Crippen LogP contribution >= 0.6 is 10.7 Å². The van der Waals surface area contributed by atoms with Crippen molar-refractivity contribution in [3.05, 3.63) is 23.8 Å². The molecule has 13 heavy (non-hydrogen) atoms. The van der Waals surface area contributed by atoms with Crippen molar-refractivity contribution in [2.24, 2.45) is 0 Å². The molecule has 1 aromatic carbocycles. The van der Waals surface area contributed by atoms with Crippen LogP contribution in [-0.2, 0) is 9.05 Å². The molecule has 1 N–H and O–H groups in total. The molecule has 0 fully saturated rings. The zero-order chi connectivity index (χ0) is 10.2. The predicted molar refractivity (Wildman–Crippen MR) is 41.1 cm³/mol. The van der Waals surface area contributed by atoms with E-state index in [9.17, 15) is 17.2 Å². The number of halogens is 3. The summed E-state index contributed by atoms with van der Waals surface area (Å²) in [6.45, 7) is 0. The lowest BCUT2D eigenvalue weighted by molar-refractivity contribution is 0.436. The topological polar surface area (TPSA) is 54.4 Å². The van der Waals surface area contributed by atoms with E-state index >= 15 is 0 Å². The third-order valence-corrected chi connectivity index (χ3v) is 2.59. The van der Waals surface area contributed by atoms with E-state index in [0.29, 0.717) is 12.1 Å². The highest BCUT2D eigenvalue weighted by Gasteiger charge is 2.22. The number of hydrogen-bond acceptors (Lipinski definition) is 3. The number of hydrogen-bond donors (Lipinski definition) is 1. The van der Waals surface area contributed by atoms with Crippen molar-refractivity contribution in [2.75, 3.05) is 0 Å². The fourth-order valence-electron chi connectivity index (χ4n) is 0.788. The second-order valence-electron chi connectivity index (χ2n) is 2.17. The fourth-order valence-corrected chi connectivity index (χ4v) is 1.85. The van der Waals surface area contributed by atoms with E-state index in [1.807, 2.05) is 0 Å². The smallest absolute Gasteiger partial charge is 0.267 e. The fraction of sp³-hybridized carbons (Fsp3) is 0. The van der Waals surface area contributed by atoms with Gasteiger partial charge in [0.2, 0.25) is 0 Å². The maximum absolute atomic E-state index is 12.7. The Morgan fingerprint density at radius 1 is 1.31 bits per heavy atom. The number of phenolic OH excluding ortho intramolecular Hbond substituents is 1. The number of aromatic hydroxyl groups is 1. The lowest BCUT2D eigenvalue weighted by Crippen LogP contribution is -1.96. The minimum absolute atomic E-state index is 0.314. The SMILES string of the molecule is O=S(=O)(Cl)c1c(O)cc(F)cc1F. The van der Waals surface area contributed by atoms with Crippen LogP contribution in [0.1, 0.15) is 0 Å². The molecule has 1 rings (SSSR count). The number of rotatable bonds is 1. The van der Waals surface area contributed by atoms with E-state index in [1.165, 1.54) is 0 Å². The van der Waals surface area contributed by atoms with Crippen molar-refractivity contribution in [2.45, 2.75) is 4.90 Å². The predicted octanol–water partition coefficient (Wildman–Crippen LogP) is 1.60. The lowest BCUT2D eigenvalue weighted by atomic mass is 10.3. The van der Waals surface area contributed by atoms with Gasteiger partial charge >= 0.3 is 0 Å². The van der Waals surface area contributed by atoms with E-state index in [2.05, 4.69) is 0 Å². The van der Waals surface area contributed by atoms with Gasteiger partial charge in [0.15, 0.2) is 4.90 Å². The average Bonchev–Trinajstić information content (AvgIpc) is 1.78. The van der Waals surface area contributed by atoms with Crippen LogP contribution < -0.4 is 0 Å².